The second-order valence-electron chi connectivity index (χ2n) is 6.73. The van der Waals surface area contributed by atoms with Crippen molar-refractivity contribution in [2.75, 3.05) is 20.2 Å². The van der Waals surface area contributed by atoms with Gasteiger partial charge in [0, 0.05) is 19.3 Å². The molecule has 2 aromatic carbocycles. The number of benzene rings is 2. The summed E-state index contributed by atoms with van der Waals surface area (Å²) in [6.45, 7) is 2.93. The lowest BCUT2D eigenvalue weighted by Crippen LogP contribution is -2.35. The van der Waals surface area contributed by atoms with Gasteiger partial charge in [-0.3, -0.25) is 4.99 Å². The van der Waals surface area contributed by atoms with Gasteiger partial charge in [0.2, 0.25) is 10.0 Å². The van der Waals surface area contributed by atoms with Crippen LogP contribution in [-0.4, -0.2) is 44.2 Å². The van der Waals surface area contributed by atoms with Gasteiger partial charge in [0.1, 0.15) is 0 Å². The molecule has 0 saturated carbocycles. The summed E-state index contributed by atoms with van der Waals surface area (Å²) in [5.74, 6) is 0.345. The number of rotatable bonds is 5. The second kappa shape index (κ2) is 8.63. The predicted molar refractivity (Wildman–Crippen MR) is 113 cm³/mol. The molecule has 0 unspecified atom stereocenters. The smallest absolute Gasteiger partial charge is 0.243 e. The molecule has 0 amide bonds. The maximum absolute atomic E-state index is 13.0. The minimum absolute atomic E-state index is 0.0184. The molecule has 1 N–H and O–H groups in total. The van der Waals surface area contributed by atoms with Crippen LogP contribution in [0.15, 0.2) is 44.7 Å². The molecule has 1 saturated heterocycles. The van der Waals surface area contributed by atoms with Crippen molar-refractivity contribution in [2.45, 2.75) is 31.1 Å². The molecule has 0 aromatic heterocycles. The number of sulfonamides is 1. The van der Waals surface area contributed by atoms with Crippen LogP contribution in [-0.2, 0) is 10.0 Å². The number of phenolic OH excluding ortho intramolecular Hbond substituents is 1. The number of aliphatic imine (C=N–C) groups is 1. The molecule has 0 atom stereocenters. The number of aryl methyl sites for hydroxylation is 1. The van der Waals surface area contributed by atoms with Gasteiger partial charge < -0.3 is 9.84 Å². The molecule has 0 spiro atoms. The van der Waals surface area contributed by atoms with E-state index >= 15 is 0 Å². The van der Waals surface area contributed by atoms with E-state index in [1.54, 1.807) is 47.8 Å². The van der Waals surface area contributed by atoms with Crippen molar-refractivity contribution in [1.82, 2.24) is 4.31 Å². The van der Waals surface area contributed by atoms with E-state index in [1.807, 2.05) is 0 Å². The molecule has 1 aliphatic heterocycles. The number of halogens is 1. The van der Waals surface area contributed by atoms with E-state index < -0.39 is 10.0 Å². The molecule has 150 valence electrons. The van der Waals surface area contributed by atoms with Crippen molar-refractivity contribution in [1.29, 1.82) is 0 Å². The highest BCUT2D eigenvalue weighted by atomic mass is 79.9. The Morgan fingerprint density at radius 2 is 1.89 bits per heavy atom. The summed E-state index contributed by atoms with van der Waals surface area (Å²) in [7, 11) is -2.05. The first kappa shape index (κ1) is 20.8. The highest BCUT2D eigenvalue weighted by Crippen LogP contribution is 2.35. The molecule has 0 radical (unpaired) electrons. The molecule has 2 aromatic rings. The third kappa shape index (κ3) is 4.39. The average molecular weight is 467 g/mol. The molecule has 0 aliphatic carbocycles. The van der Waals surface area contributed by atoms with E-state index in [4.69, 9.17) is 4.74 Å². The van der Waals surface area contributed by atoms with Crippen LogP contribution in [0.25, 0.3) is 0 Å². The van der Waals surface area contributed by atoms with Crippen molar-refractivity contribution in [3.63, 3.8) is 0 Å². The maximum atomic E-state index is 13.0. The average Bonchev–Trinajstić information content (AvgIpc) is 2.70. The standard InChI is InChI=1S/C20H23BrN2O4S/c1-14-6-7-16(12-19(14)28(25,26)23-8-4-3-5-9-23)22-13-15-10-17(21)20(24)18(11-15)27-2/h6-7,10-13,24H,3-5,8-9H2,1-2H3. The summed E-state index contributed by atoms with van der Waals surface area (Å²) in [5.41, 5.74) is 1.96. The third-order valence-electron chi connectivity index (χ3n) is 4.74. The minimum Gasteiger partial charge on any atom is -0.503 e. The second-order valence-corrected chi connectivity index (χ2v) is 9.49. The molecule has 1 fully saturated rings. The van der Waals surface area contributed by atoms with E-state index in [-0.39, 0.29) is 5.75 Å². The zero-order valence-corrected chi connectivity index (χ0v) is 18.3. The number of methoxy groups -OCH3 is 1. The molecular formula is C20H23BrN2O4S. The summed E-state index contributed by atoms with van der Waals surface area (Å²) in [6, 6.07) is 8.54. The topological polar surface area (TPSA) is 79.2 Å². The molecule has 0 bridgehead atoms. The van der Waals surface area contributed by atoms with Gasteiger partial charge in [-0.2, -0.15) is 4.31 Å². The Labute approximate surface area is 174 Å². The van der Waals surface area contributed by atoms with E-state index in [1.165, 1.54) is 7.11 Å². The van der Waals surface area contributed by atoms with Crippen LogP contribution in [0.2, 0.25) is 0 Å². The highest BCUT2D eigenvalue weighted by Gasteiger charge is 2.27. The fourth-order valence-corrected chi connectivity index (χ4v) is 5.39. The number of aromatic hydroxyl groups is 1. The Kier molecular flexibility index (Phi) is 6.42. The highest BCUT2D eigenvalue weighted by molar-refractivity contribution is 9.10. The van der Waals surface area contributed by atoms with Gasteiger partial charge in [-0.05, 0) is 71.1 Å². The number of hydrogen-bond acceptors (Lipinski definition) is 5. The van der Waals surface area contributed by atoms with Gasteiger partial charge in [0.15, 0.2) is 11.5 Å². The van der Waals surface area contributed by atoms with Crippen LogP contribution in [0.5, 0.6) is 11.5 Å². The summed E-state index contributed by atoms with van der Waals surface area (Å²) < 4.78 is 33.2. The van der Waals surface area contributed by atoms with Crippen LogP contribution in [0, 0.1) is 6.92 Å². The summed E-state index contributed by atoms with van der Waals surface area (Å²) in [4.78, 5) is 4.72. The molecule has 1 heterocycles. The summed E-state index contributed by atoms with van der Waals surface area (Å²) >= 11 is 3.28. The number of phenols is 1. The van der Waals surface area contributed by atoms with Crippen LogP contribution in [0.4, 0.5) is 5.69 Å². The van der Waals surface area contributed by atoms with E-state index in [2.05, 4.69) is 20.9 Å². The number of piperidine rings is 1. The van der Waals surface area contributed by atoms with Gasteiger partial charge >= 0.3 is 0 Å². The van der Waals surface area contributed by atoms with Crippen molar-refractivity contribution in [2.24, 2.45) is 4.99 Å². The van der Waals surface area contributed by atoms with Gasteiger partial charge in [-0.15, -0.1) is 0 Å². The van der Waals surface area contributed by atoms with Crippen LogP contribution in [0.1, 0.15) is 30.4 Å². The lowest BCUT2D eigenvalue weighted by Gasteiger charge is -2.26. The first-order chi connectivity index (χ1) is 13.3. The molecule has 8 heteroatoms. The number of hydrogen-bond donors (Lipinski definition) is 1. The molecule has 6 nitrogen and oxygen atoms in total. The fourth-order valence-electron chi connectivity index (χ4n) is 3.16. The Hall–Kier alpha value is -1.90. The van der Waals surface area contributed by atoms with Crippen molar-refractivity contribution >= 4 is 37.9 Å². The van der Waals surface area contributed by atoms with Crippen LogP contribution >= 0.6 is 15.9 Å². The normalized spacial score (nSPS) is 15.8. The molecule has 28 heavy (non-hydrogen) atoms. The van der Waals surface area contributed by atoms with Crippen molar-refractivity contribution < 1.29 is 18.3 Å². The molecule has 1 aliphatic rings. The van der Waals surface area contributed by atoms with Crippen LogP contribution in [0.3, 0.4) is 0 Å². The van der Waals surface area contributed by atoms with Crippen molar-refractivity contribution in [3.8, 4) is 11.5 Å². The largest absolute Gasteiger partial charge is 0.503 e. The Balaban J connectivity index is 1.91. The lowest BCUT2D eigenvalue weighted by molar-refractivity contribution is 0.346. The third-order valence-corrected chi connectivity index (χ3v) is 7.38. The van der Waals surface area contributed by atoms with Gasteiger partial charge in [0.05, 0.1) is 22.2 Å². The Morgan fingerprint density at radius 1 is 1.18 bits per heavy atom. The van der Waals surface area contributed by atoms with Gasteiger partial charge in [-0.1, -0.05) is 12.5 Å². The molecule has 3 rings (SSSR count). The Morgan fingerprint density at radius 3 is 2.57 bits per heavy atom. The zero-order chi connectivity index (χ0) is 20.3. The lowest BCUT2D eigenvalue weighted by atomic mass is 10.2. The van der Waals surface area contributed by atoms with Gasteiger partial charge in [0.25, 0.3) is 0 Å². The van der Waals surface area contributed by atoms with Crippen LogP contribution < -0.4 is 4.74 Å². The molecular weight excluding hydrogens is 444 g/mol. The summed E-state index contributed by atoms with van der Waals surface area (Å²) in [5, 5.41) is 9.90. The minimum atomic E-state index is -3.52. The van der Waals surface area contributed by atoms with Crippen molar-refractivity contribution in [3.05, 3.63) is 45.9 Å². The fraction of sp³-hybridized carbons (Fsp3) is 0.350. The van der Waals surface area contributed by atoms with E-state index in [9.17, 15) is 13.5 Å². The monoisotopic (exact) mass is 466 g/mol. The quantitative estimate of drug-likeness (QED) is 0.662. The van der Waals surface area contributed by atoms with E-state index in [0.717, 1.165) is 19.3 Å². The first-order valence-corrected chi connectivity index (χ1v) is 11.3. The SMILES string of the molecule is COc1cc(C=Nc2ccc(C)c(S(=O)(=O)N3CCCCC3)c2)cc(Br)c1O. The zero-order valence-electron chi connectivity index (χ0n) is 15.9. The van der Waals surface area contributed by atoms with Gasteiger partial charge in [-0.25, -0.2) is 8.42 Å². The maximum Gasteiger partial charge on any atom is 0.243 e. The Bertz CT molecular complexity index is 1000. The van der Waals surface area contributed by atoms with E-state index in [0.29, 0.717) is 45.0 Å². The predicted octanol–water partition coefficient (Wildman–Crippen LogP) is 4.40. The number of ether oxygens (including phenoxy) is 1. The number of nitrogens with zero attached hydrogens (tertiary/aromatic N) is 2. The summed E-state index contributed by atoms with van der Waals surface area (Å²) in [6.07, 6.45) is 4.47. The first-order valence-electron chi connectivity index (χ1n) is 9.04.